The van der Waals surface area contributed by atoms with E-state index >= 15 is 0 Å². The molecule has 2 nitrogen and oxygen atoms in total. The van der Waals surface area contributed by atoms with Crippen LogP contribution < -0.4 is 5.32 Å². The number of nitrogens with one attached hydrogen (secondary N) is 1. The fourth-order valence-corrected chi connectivity index (χ4v) is 2.23. The van der Waals surface area contributed by atoms with Crippen LogP contribution in [0.5, 0.6) is 0 Å². The van der Waals surface area contributed by atoms with E-state index < -0.39 is 5.92 Å². The van der Waals surface area contributed by atoms with Gasteiger partial charge in [-0.3, -0.25) is 4.79 Å². The van der Waals surface area contributed by atoms with Crippen molar-refractivity contribution >= 4 is 5.78 Å². The first kappa shape index (κ1) is 21.1. The van der Waals surface area contributed by atoms with Gasteiger partial charge in [0.2, 0.25) is 0 Å². The Morgan fingerprint density at radius 3 is 2.50 bits per heavy atom. The Morgan fingerprint density at radius 2 is 2.00 bits per heavy atom. The van der Waals surface area contributed by atoms with Crippen LogP contribution in [0.1, 0.15) is 52.9 Å². The molecule has 0 spiro atoms. The van der Waals surface area contributed by atoms with Crippen molar-refractivity contribution in [3.63, 3.8) is 0 Å². The van der Waals surface area contributed by atoms with Gasteiger partial charge in [0.1, 0.15) is 5.78 Å². The van der Waals surface area contributed by atoms with Crippen LogP contribution in [0.15, 0.2) is 29.5 Å². The molecule has 0 saturated heterocycles. The molecule has 0 amide bonds. The monoisotopic (exact) mass is 347 g/mol. The third-order valence-corrected chi connectivity index (χ3v) is 3.30. The van der Waals surface area contributed by atoms with Crippen molar-refractivity contribution in [2.75, 3.05) is 0 Å². The molecule has 22 heavy (non-hydrogen) atoms. The van der Waals surface area contributed by atoms with Crippen molar-refractivity contribution in [1.82, 2.24) is 5.32 Å². The third kappa shape index (κ3) is 7.41. The molecular weight excluding hydrogens is 323 g/mol. The molecule has 1 saturated carbocycles. The molecule has 0 heterocycles. The van der Waals surface area contributed by atoms with Gasteiger partial charge in [0.25, 0.3) is 5.92 Å². The van der Waals surface area contributed by atoms with Crippen LogP contribution in [0.3, 0.4) is 0 Å². The van der Waals surface area contributed by atoms with Crippen LogP contribution in [-0.4, -0.2) is 17.7 Å². The van der Waals surface area contributed by atoms with Gasteiger partial charge < -0.3 is 5.32 Å². The maximum absolute atomic E-state index is 12.7. The number of hydrogen-bond acceptors (Lipinski definition) is 2. The number of Topliss-reactive ketones (excluding diaryl/α,β-unsaturated/α-hetero) is 1. The fourth-order valence-electron chi connectivity index (χ4n) is 2.23. The molecule has 0 aliphatic heterocycles. The Balaban J connectivity index is 0.00000441. The van der Waals surface area contributed by atoms with Gasteiger partial charge in [0, 0.05) is 43.9 Å². The van der Waals surface area contributed by atoms with E-state index in [4.69, 9.17) is 0 Å². The van der Waals surface area contributed by atoms with E-state index in [1.54, 1.807) is 19.1 Å². The first-order chi connectivity index (χ1) is 9.88. The molecule has 0 aromatic heterocycles. The second-order valence-corrected chi connectivity index (χ2v) is 5.45. The number of carbonyl (C=O) groups excluding carboxylic acids is 1. The number of carbonyl (C=O) groups is 1. The smallest absolute Gasteiger partial charge is 0.252 e. The van der Waals surface area contributed by atoms with E-state index in [2.05, 4.69) is 11.4 Å². The van der Waals surface area contributed by atoms with Gasteiger partial charge in [-0.25, -0.2) is 20.9 Å². The SMILES string of the molecule is CC/C=C(/C=C\[C-]=C(C)NC1CC(F)(F)C1)C(=O)CCC.[V]. The quantitative estimate of drug-likeness (QED) is 0.402. The second kappa shape index (κ2) is 10.0. The minimum Gasteiger partial charge on any atom is -0.402 e. The molecule has 1 N–H and O–H groups in total. The van der Waals surface area contributed by atoms with Crippen LogP contribution in [0.4, 0.5) is 8.78 Å². The topological polar surface area (TPSA) is 29.1 Å². The molecule has 1 aliphatic carbocycles. The summed E-state index contributed by atoms with van der Waals surface area (Å²) in [5, 5.41) is 3.00. The largest absolute Gasteiger partial charge is 0.402 e. The van der Waals surface area contributed by atoms with E-state index in [1.807, 2.05) is 19.9 Å². The zero-order chi connectivity index (χ0) is 15.9. The van der Waals surface area contributed by atoms with Gasteiger partial charge in [0.05, 0.1) is 0 Å². The summed E-state index contributed by atoms with van der Waals surface area (Å²) in [7, 11) is 0. The number of alkyl halides is 2. The molecule has 1 aliphatic rings. The van der Waals surface area contributed by atoms with Gasteiger partial charge in [-0.05, 0) is 19.8 Å². The maximum atomic E-state index is 12.7. The Morgan fingerprint density at radius 1 is 1.36 bits per heavy atom. The van der Waals surface area contributed by atoms with Crippen molar-refractivity contribution in [3.8, 4) is 0 Å². The van der Waals surface area contributed by atoms with E-state index in [0.717, 1.165) is 12.8 Å². The first-order valence-corrected chi connectivity index (χ1v) is 7.52. The molecule has 1 rings (SSSR count). The molecular formula is C17H24F2NOV-. The van der Waals surface area contributed by atoms with Gasteiger partial charge in [-0.1, -0.05) is 31.2 Å². The van der Waals surface area contributed by atoms with Crippen LogP contribution in [-0.2, 0) is 23.4 Å². The summed E-state index contributed by atoms with van der Waals surface area (Å²) < 4.78 is 25.4. The van der Waals surface area contributed by atoms with Crippen LogP contribution in [0.2, 0.25) is 0 Å². The zero-order valence-corrected chi connectivity index (χ0v) is 14.9. The summed E-state index contributed by atoms with van der Waals surface area (Å²) >= 11 is 0. The fraction of sp³-hybridized carbons (Fsp3) is 0.588. The summed E-state index contributed by atoms with van der Waals surface area (Å²) in [5.74, 6) is -2.39. The summed E-state index contributed by atoms with van der Waals surface area (Å²) in [4.78, 5) is 11.9. The Bertz CT molecular complexity index is 448. The Kier molecular flexibility index (Phi) is 9.62. The van der Waals surface area contributed by atoms with Crippen molar-refractivity contribution in [2.45, 2.75) is 64.8 Å². The number of hydrogen-bond donors (Lipinski definition) is 1. The van der Waals surface area contributed by atoms with Crippen molar-refractivity contribution < 1.29 is 32.1 Å². The van der Waals surface area contributed by atoms with Crippen molar-refractivity contribution in [2.24, 2.45) is 0 Å². The average molecular weight is 347 g/mol. The zero-order valence-electron chi connectivity index (χ0n) is 13.5. The van der Waals surface area contributed by atoms with E-state index in [9.17, 15) is 13.6 Å². The number of rotatable bonds is 8. The molecule has 0 aromatic carbocycles. The van der Waals surface area contributed by atoms with Crippen molar-refractivity contribution in [1.29, 1.82) is 0 Å². The molecule has 0 bridgehead atoms. The standard InChI is InChI=1S/C17H24F2NO.V/c1-4-7-14(16(21)8-5-2)10-6-9-13(3)20-15-11-17(18,19)12-15;/h6-7,10,15,20H,4-5,8,11-12H2,1-3H3;/q-1;/b10-6-,14-7-;. The minimum absolute atomic E-state index is 0. The van der Waals surface area contributed by atoms with Crippen LogP contribution >= 0.6 is 0 Å². The molecule has 0 atom stereocenters. The Hall–Kier alpha value is -0.866. The van der Waals surface area contributed by atoms with E-state index in [0.29, 0.717) is 17.7 Å². The number of halogens is 2. The summed E-state index contributed by atoms with van der Waals surface area (Å²) in [5.41, 5.74) is 1.40. The molecule has 123 valence electrons. The summed E-state index contributed by atoms with van der Waals surface area (Å²) in [6.07, 6.45) is 10.2. The predicted octanol–water partition coefficient (Wildman–Crippen LogP) is 4.34. The number of ketones is 1. The first-order valence-electron chi connectivity index (χ1n) is 7.52. The molecule has 1 radical (unpaired) electrons. The van der Waals surface area contributed by atoms with E-state index in [-0.39, 0.29) is 43.2 Å². The predicted molar refractivity (Wildman–Crippen MR) is 81.0 cm³/mol. The molecule has 0 unspecified atom stereocenters. The normalized spacial score (nSPS) is 18.8. The van der Waals surface area contributed by atoms with Crippen LogP contribution in [0.25, 0.3) is 0 Å². The molecule has 1 fully saturated rings. The third-order valence-electron chi connectivity index (χ3n) is 3.30. The summed E-state index contributed by atoms with van der Waals surface area (Å²) in [6, 6.07) is -0.173. The second-order valence-electron chi connectivity index (χ2n) is 5.45. The Labute approximate surface area is 144 Å². The van der Waals surface area contributed by atoms with Gasteiger partial charge in [-0.2, -0.15) is 6.08 Å². The minimum atomic E-state index is -2.52. The van der Waals surface area contributed by atoms with Crippen LogP contribution in [0, 0.1) is 6.08 Å². The van der Waals surface area contributed by atoms with Gasteiger partial charge in [-0.15, -0.1) is 0 Å². The average Bonchev–Trinajstić information content (AvgIpc) is 2.35. The van der Waals surface area contributed by atoms with Gasteiger partial charge >= 0.3 is 0 Å². The maximum Gasteiger partial charge on any atom is 0.252 e. The van der Waals surface area contributed by atoms with E-state index in [1.165, 1.54) is 0 Å². The van der Waals surface area contributed by atoms with Crippen molar-refractivity contribution in [3.05, 3.63) is 35.6 Å². The number of allylic oxidation sites excluding steroid dienone is 6. The molecule has 5 heteroatoms. The molecule has 0 aromatic rings. The summed E-state index contributed by atoms with van der Waals surface area (Å²) in [6.45, 7) is 5.74. The van der Waals surface area contributed by atoms with Gasteiger partial charge in [0.15, 0.2) is 0 Å².